The quantitative estimate of drug-likeness (QED) is 0.326. The van der Waals surface area contributed by atoms with Gasteiger partial charge in [-0.25, -0.2) is 0 Å². The molecule has 10 heteroatoms. The summed E-state index contributed by atoms with van der Waals surface area (Å²) in [6.45, 7) is 3.08. The number of rotatable bonds is 8. The van der Waals surface area contributed by atoms with E-state index in [1.165, 1.54) is 11.9 Å². The fourth-order valence-electron chi connectivity index (χ4n) is 2.48. The molecule has 1 aliphatic rings. The first-order chi connectivity index (χ1) is 12.4. The molecule has 0 amide bonds. The van der Waals surface area contributed by atoms with Crippen molar-refractivity contribution in [3.63, 3.8) is 0 Å². The minimum Gasteiger partial charge on any atom is -0.454 e. The molecule has 0 atom stereocenters. The highest BCUT2D eigenvalue weighted by atomic mass is 127. The number of nitrogens with one attached hydrogen (secondary N) is 2. The van der Waals surface area contributed by atoms with Crippen molar-refractivity contribution >= 4 is 29.9 Å². The van der Waals surface area contributed by atoms with Crippen molar-refractivity contribution in [1.82, 2.24) is 15.5 Å². The normalized spacial score (nSPS) is 13.5. The molecule has 1 aromatic carbocycles. The second-order valence-electron chi connectivity index (χ2n) is 5.98. The van der Waals surface area contributed by atoms with Crippen LogP contribution < -0.4 is 20.1 Å². The predicted octanol–water partition coefficient (Wildman–Crippen LogP) is 2.63. The summed E-state index contributed by atoms with van der Waals surface area (Å²) in [7, 11) is 1.43. The standard InChI is InChI=1S/C17H25F3N4O2.HI/c1-3-21-16(23-8-9-24(2)11-17(18,19)20)22-7-6-13-4-5-14-15(10-13)26-12-25-14;/h4-5,10H,3,6-9,11-12H2,1-2H3,(H2,21,22,23);1H. The van der Waals surface area contributed by atoms with E-state index in [0.717, 1.165) is 23.5 Å². The van der Waals surface area contributed by atoms with E-state index in [9.17, 15) is 13.2 Å². The molecule has 6 nitrogen and oxygen atoms in total. The van der Waals surface area contributed by atoms with Gasteiger partial charge in [-0.2, -0.15) is 13.2 Å². The number of alkyl halides is 3. The maximum Gasteiger partial charge on any atom is 0.401 e. The molecule has 154 valence electrons. The van der Waals surface area contributed by atoms with Crippen LogP contribution in [0, 0.1) is 0 Å². The summed E-state index contributed by atoms with van der Waals surface area (Å²) < 4.78 is 47.5. The number of guanidine groups is 1. The third-order valence-electron chi connectivity index (χ3n) is 3.69. The molecule has 1 heterocycles. The van der Waals surface area contributed by atoms with Crippen molar-refractivity contribution < 1.29 is 22.6 Å². The molecule has 2 rings (SSSR count). The molecule has 27 heavy (non-hydrogen) atoms. The van der Waals surface area contributed by atoms with Crippen LogP contribution >= 0.6 is 24.0 Å². The van der Waals surface area contributed by atoms with E-state index < -0.39 is 12.7 Å². The summed E-state index contributed by atoms with van der Waals surface area (Å²) in [5.74, 6) is 2.09. The molecule has 0 aromatic heterocycles. The van der Waals surface area contributed by atoms with Gasteiger partial charge in [0, 0.05) is 19.6 Å². The first-order valence-corrected chi connectivity index (χ1v) is 8.53. The molecule has 0 saturated heterocycles. The second-order valence-corrected chi connectivity index (χ2v) is 5.98. The van der Waals surface area contributed by atoms with Crippen molar-refractivity contribution in [3.8, 4) is 11.5 Å². The maximum atomic E-state index is 12.3. The van der Waals surface area contributed by atoms with Crippen LogP contribution in [0.1, 0.15) is 12.5 Å². The molecule has 0 fully saturated rings. The lowest BCUT2D eigenvalue weighted by Gasteiger charge is -2.18. The van der Waals surface area contributed by atoms with E-state index in [1.54, 1.807) is 0 Å². The zero-order valence-corrected chi connectivity index (χ0v) is 17.8. The van der Waals surface area contributed by atoms with Gasteiger partial charge < -0.3 is 20.1 Å². The number of hydrogen-bond acceptors (Lipinski definition) is 4. The van der Waals surface area contributed by atoms with Crippen LogP contribution in [0.5, 0.6) is 11.5 Å². The van der Waals surface area contributed by atoms with Gasteiger partial charge in [0.15, 0.2) is 17.5 Å². The molecule has 1 aliphatic heterocycles. The molecule has 0 spiro atoms. The van der Waals surface area contributed by atoms with Crippen molar-refractivity contribution in [2.45, 2.75) is 19.5 Å². The number of hydrogen-bond donors (Lipinski definition) is 2. The average molecular weight is 502 g/mol. The number of fused-ring (bicyclic) bond motifs is 1. The largest absolute Gasteiger partial charge is 0.454 e. The molecular weight excluding hydrogens is 476 g/mol. The third-order valence-corrected chi connectivity index (χ3v) is 3.69. The summed E-state index contributed by atoms with van der Waals surface area (Å²) in [5.41, 5.74) is 1.10. The lowest BCUT2D eigenvalue weighted by atomic mass is 10.1. The van der Waals surface area contributed by atoms with E-state index in [2.05, 4.69) is 15.6 Å². The second kappa shape index (κ2) is 11.4. The third kappa shape index (κ3) is 8.87. The Morgan fingerprint density at radius 2 is 1.96 bits per heavy atom. The fraction of sp³-hybridized carbons (Fsp3) is 0.588. The minimum absolute atomic E-state index is 0. The van der Waals surface area contributed by atoms with E-state index in [-0.39, 0.29) is 43.9 Å². The predicted molar refractivity (Wildman–Crippen MR) is 109 cm³/mol. The number of benzene rings is 1. The highest BCUT2D eigenvalue weighted by Crippen LogP contribution is 2.32. The van der Waals surface area contributed by atoms with E-state index in [1.807, 2.05) is 25.1 Å². The number of halogens is 4. The highest BCUT2D eigenvalue weighted by Gasteiger charge is 2.28. The fourth-order valence-corrected chi connectivity index (χ4v) is 2.48. The monoisotopic (exact) mass is 502 g/mol. The van der Waals surface area contributed by atoms with E-state index >= 15 is 0 Å². The first kappa shape index (κ1) is 23.6. The Hall–Kier alpha value is -1.43. The van der Waals surface area contributed by atoms with Gasteiger partial charge in [-0.1, -0.05) is 6.07 Å². The molecule has 0 bridgehead atoms. The van der Waals surface area contributed by atoms with Gasteiger partial charge in [0.1, 0.15) is 0 Å². The van der Waals surface area contributed by atoms with Gasteiger partial charge in [0.25, 0.3) is 0 Å². The molecule has 0 radical (unpaired) electrons. The molecule has 2 N–H and O–H groups in total. The smallest absolute Gasteiger partial charge is 0.401 e. The Bertz CT molecular complexity index is 614. The Kier molecular flexibility index (Phi) is 9.99. The van der Waals surface area contributed by atoms with Crippen LogP contribution in [0.15, 0.2) is 23.2 Å². The van der Waals surface area contributed by atoms with Gasteiger partial charge >= 0.3 is 6.18 Å². The zero-order valence-electron chi connectivity index (χ0n) is 15.4. The molecule has 0 unspecified atom stereocenters. The van der Waals surface area contributed by atoms with Crippen LogP contribution in [0.2, 0.25) is 0 Å². The Morgan fingerprint density at radius 1 is 1.22 bits per heavy atom. The minimum atomic E-state index is -4.19. The Morgan fingerprint density at radius 3 is 2.67 bits per heavy atom. The lowest BCUT2D eigenvalue weighted by molar-refractivity contribution is -0.142. The maximum absolute atomic E-state index is 12.3. The molecule has 1 aromatic rings. The Labute approximate surface area is 174 Å². The van der Waals surface area contributed by atoms with E-state index in [0.29, 0.717) is 19.0 Å². The molecule has 0 saturated carbocycles. The summed E-state index contributed by atoms with van der Waals surface area (Å²) in [6.07, 6.45) is -3.43. The highest BCUT2D eigenvalue weighted by molar-refractivity contribution is 14.0. The van der Waals surface area contributed by atoms with Gasteiger partial charge in [-0.15, -0.1) is 24.0 Å². The zero-order chi connectivity index (χ0) is 19.0. The van der Waals surface area contributed by atoms with Gasteiger partial charge in [0.05, 0.1) is 13.1 Å². The number of ether oxygens (including phenoxy) is 2. The van der Waals surface area contributed by atoms with Gasteiger partial charge in [0.2, 0.25) is 6.79 Å². The van der Waals surface area contributed by atoms with E-state index in [4.69, 9.17) is 9.47 Å². The summed E-state index contributed by atoms with van der Waals surface area (Å²) in [4.78, 5) is 5.52. The van der Waals surface area contributed by atoms with Crippen LogP contribution in [-0.4, -0.2) is 63.6 Å². The van der Waals surface area contributed by atoms with Crippen LogP contribution in [0.3, 0.4) is 0 Å². The number of likely N-dealkylation sites (N-methyl/N-ethyl adjacent to an activating group) is 1. The average Bonchev–Trinajstić information content (AvgIpc) is 3.01. The van der Waals surface area contributed by atoms with Gasteiger partial charge in [-0.3, -0.25) is 9.89 Å². The number of aliphatic imine (C=N–C) groups is 1. The topological polar surface area (TPSA) is 58.1 Å². The van der Waals surface area contributed by atoms with Crippen molar-refractivity contribution in [3.05, 3.63) is 23.8 Å². The first-order valence-electron chi connectivity index (χ1n) is 8.53. The van der Waals surface area contributed by atoms with Crippen molar-refractivity contribution in [2.75, 3.05) is 46.6 Å². The molecule has 0 aliphatic carbocycles. The van der Waals surface area contributed by atoms with Crippen LogP contribution in [0.4, 0.5) is 13.2 Å². The summed E-state index contributed by atoms with van der Waals surface area (Å²) >= 11 is 0. The van der Waals surface area contributed by atoms with Gasteiger partial charge in [-0.05, 0) is 38.1 Å². The number of nitrogens with zero attached hydrogens (tertiary/aromatic N) is 2. The van der Waals surface area contributed by atoms with Crippen molar-refractivity contribution in [1.29, 1.82) is 0 Å². The molecular formula is C17H26F3IN4O2. The Balaban J connectivity index is 0.00000364. The van der Waals surface area contributed by atoms with Crippen LogP contribution in [-0.2, 0) is 6.42 Å². The lowest BCUT2D eigenvalue weighted by Crippen LogP contribution is -2.39. The van der Waals surface area contributed by atoms with Crippen LogP contribution in [0.25, 0.3) is 0 Å². The SMILES string of the molecule is CCNC(=NCCN(C)CC(F)(F)F)NCCc1ccc2c(c1)OCO2.I. The van der Waals surface area contributed by atoms with Crippen molar-refractivity contribution in [2.24, 2.45) is 4.99 Å². The summed E-state index contributed by atoms with van der Waals surface area (Å²) in [5, 5.41) is 6.27. The summed E-state index contributed by atoms with van der Waals surface area (Å²) in [6, 6.07) is 5.80.